The molecular formula is C19H17F2N. The lowest BCUT2D eigenvalue weighted by atomic mass is 9.99. The highest BCUT2D eigenvalue weighted by Gasteiger charge is 2.26. The van der Waals surface area contributed by atoms with Crippen LogP contribution < -0.4 is 0 Å². The third-order valence-corrected chi connectivity index (χ3v) is 3.89. The van der Waals surface area contributed by atoms with Gasteiger partial charge < -0.3 is 0 Å². The predicted molar refractivity (Wildman–Crippen MR) is 86.1 cm³/mol. The highest BCUT2D eigenvalue weighted by atomic mass is 19.1. The van der Waals surface area contributed by atoms with Crippen LogP contribution in [0.25, 0.3) is 22.0 Å². The number of rotatable bonds is 2. The van der Waals surface area contributed by atoms with Crippen LogP contribution in [0.2, 0.25) is 0 Å². The lowest BCUT2D eigenvalue weighted by molar-refractivity contribution is 0.628. The summed E-state index contributed by atoms with van der Waals surface area (Å²) in [6.07, 6.45) is 2.46. The van der Waals surface area contributed by atoms with Crippen LogP contribution in [0, 0.1) is 5.82 Å². The molecule has 1 nitrogen and oxygen atoms in total. The van der Waals surface area contributed by atoms with Crippen LogP contribution in [-0.4, -0.2) is 12.2 Å². The van der Waals surface area contributed by atoms with E-state index < -0.39 is 0 Å². The largest absolute Gasteiger partial charge is 0.255 e. The second-order valence-corrected chi connectivity index (χ2v) is 5.39. The van der Waals surface area contributed by atoms with Gasteiger partial charge in [-0.25, -0.2) is 4.39 Å². The van der Waals surface area contributed by atoms with Crippen LogP contribution in [0.1, 0.15) is 24.5 Å². The summed E-state index contributed by atoms with van der Waals surface area (Å²) in [7, 11) is 0.500. The van der Waals surface area contributed by atoms with Gasteiger partial charge in [0.15, 0.2) is 0 Å². The first-order valence-corrected chi connectivity index (χ1v) is 7.35. The van der Waals surface area contributed by atoms with E-state index in [4.69, 9.17) is 4.98 Å². The van der Waals surface area contributed by atoms with Gasteiger partial charge in [-0.15, -0.1) is 0 Å². The van der Waals surface area contributed by atoms with E-state index in [2.05, 4.69) is 12.1 Å². The Morgan fingerprint density at radius 2 is 1.64 bits per heavy atom. The maximum atomic E-state index is 13.1. The molecule has 1 fully saturated rings. The van der Waals surface area contributed by atoms with E-state index in [1.165, 1.54) is 30.7 Å². The summed E-state index contributed by atoms with van der Waals surface area (Å²) in [5, 5.41) is 1.13. The molecule has 0 saturated heterocycles. The van der Waals surface area contributed by atoms with Gasteiger partial charge in [0.05, 0.1) is 12.7 Å². The number of nitrogens with zero attached hydrogens (tertiary/aromatic N) is 1. The first-order chi connectivity index (χ1) is 10.8. The zero-order valence-corrected chi connectivity index (χ0v) is 12.4. The minimum Gasteiger partial charge on any atom is -0.255 e. The summed E-state index contributed by atoms with van der Waals surface area (Å²) >= 11 is 0. The van der Waals surface area contributed by atoms with Gasteiger partial charge in [-0.05, 0) is 48.2 Å². The molecule has 22 heavy (non-hydrogen) atoms. The van der Waals surface area contributed by atoms with Gasteiger partial charge in [0.1, 0.15) is 5.82 Å². The fourth-order valence-corrected chi connectivity index (χ4v) is 2.65. The fraction of sp³-hybridized carbons (Fsp3) is 0.211. The van der Waals surface area contributed by atoms with E-state index >= 15 is 0 Å². The zero-order chi connectivity index (χ0) is 15.5. The van der Waals surface area contributed by atoms with E-state index in [1.807, 2.05) is 30.3 Å². The minimum absolute atomic E-state index is 0.200. The van der Waals surface area contributed by atoms with Crippen molar-refractivity contribution in [3.63, 3.8) is 0 Å². The standard InChI is InChI=1S/C18H14FN.CH3F/c19-14-9-7-12(8-10-14)16-11-18(13-5-6-13)20-17-4-2-1-3-15(16)17;1-2/h1-4,7-11,13H,5-6H2;1H3. The Bertz CT molecular complexity index is 777. The van der Waals surface area contributed by atoms with Crippen LogP contribution in [0.15, 0.2) is 54.6 Å². The van der Waals surface area contributed by atoms with E-state index in [1.54, 1.807) is 0 Å². The number of fused-ring (bicyclic) bond motifs is 1. The van der Waals surface area contributed by atoms with Gasteiger partial charge in [0.25, 0.3) is 0 Å². The normalized spacial score (nSPS) is 13.6. The molecule has 1 aliphatic carbocycles. The smallest absolute Gasteiger partial charge is 0.123 e. The number of pyridine rings is 1. The number of aromatic nitrogens is 1. The Labute approximate surface area is 128 Å². The Hall–Kier alpha value is -2.29. The number of benzene rings is 2. The Morgan fingerprint density at radius 1 is 0.955 bits per heavy atom. The molecule has 4 rings (SSSR count). The van der Waals surface area contributed by atoms with Crippen LogP contribution in [-0.2, 0) is 0 Å². The van der Waals surface area contributed by atoms with Crippen molar-refractivity contribution in [2.45, 2.75) is 18.8 Å². The first kappa shape index (κ1) is 14.6. The molecule has 0 atom stereocenters. The number of halogens is 2. The van der Waals surface area contributed by atoms with Gasteiger partial charge in [0.2, 0.25) is 0 Å². The van der Waals surface area contributed by atoms with Crippen LogP contribution in [0.3, 0.4) is 0 Å². The highest BCUT2D eigenvalue weighted by molar-refractivity contribution is 5.94. The number of hydrogen-bond acceptors (Lipinski definition) is 1. The van der Waals surface area contributed by atoms with Gasteiger partial charge >= 0.3 is 0 Å². The van der Waals surface area contributed by atoms with Crippen LogP contribution in [0.5, 0.6) is 0 Å². The molecule has 0 unspecified atom stereocenters. The Kier molecular flexibility index (Phi) is 4.14. The summed E-state index contributed by atoms with van der Waals surface area (Å²) in [5.74, 6) is 0.410. The van der Waals surface area contributed by atoms with Crippen molar-refractivity contribution < 1.29 is 8.78 Å². The predicted octanol–water partition coefficient (Wildman–Crippen LogP) is 5.50. The van der Waals surface area contributed by atoms with Gasteiger partial charge in [-0.1, -0.05) is 30.3 Å². The van der Waals surface area contributed by atoms with E-state index in [0.29, 0.717) is 13.1 Å². The van der Waals surface area contributed by atoms with E-state index in [-0.39, 0.29) is 5.82 Å². The molecule has 2 aromatic carbocycles. The van der Waals surface area contributed by atoms with Crippen molar-refractivity contribution in [2.75, 3.05) is 7.18 Å². The van der Waals surface area contributed by atoms with Crippen molar-refractivity contribution in [1.29, 1.82) is 0 Å². The summed E-state index contributed by atoms with van der Waals surface area (Å²) < 4.78 is 22.6. The molecule has 0 aliphatic heterocycles. The molecular weight excluding hydrogens is 280 g/mol. The fourth-order valence-electron chi connectivity index (χ4n) is 2.65. The van der Waals surface area contributed by atoms with E-state index in [9.17, 15) is 8.78 Å². The lowest BCUT2D eigenvalue weighted by Gasteiger charge is -2.09. The lowest BCUT2D eigenvalue weighted by Crippen LogP contribution is -1.91. The first-order valence-electron chi connectivity index (χ1n) is 7.35. The molecule has 0 N–H and O–H groups in total. The average molecular weight is 297 g/mol. The quantitative estimate of drug-likeness (QED) is 0.608. The molecule has 3 heteroatoms. The second-order valence-electron chi connectivity index (χ2n) is 5.39. The molecule has 1 aromatic heterocycles. The summed E-state index contributed by atoms with van der Waals surface area (Å²) in [6.45, 7) is 0. The van der Waals surface area contributed by atoms with Crippen molar-refractivity contribution >= 4 is 10.9 Å². The van der Waals surface area contributed by atoms with Gasteiger partial charge in [0, 0.05) is 17.0 Å². The van der Waals surface area contributed by atoms with Crippen LogP contribution >= 0.6 is 0 Å². The minimum atomic E-state index is -0.200. The van der Waals surface area contributed by atoms with Gasteiger partial charge in [-0.3, -0.25) is 9.37 Å². The molecule has 1 heterocycles. The summed E-state index contributed by atoms with van der Waals surface area (Å²) in [5.41, 5.74) is 4.39. The third-order valence-electron chi connectivity index (χ3n) is 3.89. The van der Waals surface area contributed by atoms with Crippen molar-refractivity contribution in [1.82, 2.24) is 4.98 Å². The molecule has 1 aliphatic rings. The third kappa shape index (κ3) is 2.84. The monoisotopic (exact) mass is 297 g/mol. The maximum Gasteiger partial charge on any atom is 0.123 e. The van der Waals surface area contributed by atoms with Crippen molar-refractivity contribution in [3.05, 3.63) is 66.1 Å². The highest BCUT2D eigenvalue weighted by Crippen LogP contribution is 2.41. The SMILES string of the molecule is CF.Fc1ccc(-c2cc(C3CC3)nc3ccccc23)cc1. The van der Waals surface area contributed by atoms with Crippen LogP contribution in [0.4, 0.5) is 8.78 Å². The number of hydrogen-bond donors (Lipinski definition) is 0. The maximum absolute atomic E-state index is 13.1. The number of para-hydroxylation sites is 1. The molecule has 0 bridgehead atoms. The Morgan fingerprint density at radius 3 is 2.32 bits per heavy atom. The zero-order valence-electron chi connectivity index (χ0n) is 12.4. The van der Waals surface area contributed by atoms with Crippen molar-refractivity contribution in [2.24, 2.45) is 0 Å². The Balaban J connectivity index is 0.000000693. The second kappa shape index (κ2) is 6.22. The molecule has 3 aromatic rings. The van der Waals surface area contributed by atoms with E-state index in [0.717, 1.165) is 22.0 Å². The number of alkyl halides is 1. The molecule has 112 valence electrons. The molecule has 1 saturated carbocycles. The molecule has 0 amide bonds. The summed E-state index contributed by atoms with van der Waals surface area (Å²) in [4.78, 5) is 4.77. The van der Waals surface area contributed by atoms with Crippen molar-refractivity contribution in [3.8, 4) is 11.1 Å². The molecule has 0 spiro atoms. The topological polar surface area (TPSA) is 12.9 Å². The molecule has 0 radical (unpaired) electrons. The summed E-state index contributed by atoms with van der Waals surface area (Å²) in [6, 6.07) is 17.1. The average Bonchev–Trinajstić information content (AvgIpc) is 3.41. The van der Waals surface area contributed by atoms with Gasteiger partial charge in [-0.2, -0.15) is 0 Å².